The zero-order valence-electron chi connectivity index (χ0n) is 19.9. The second kappa shape index (κ2) is 14.6. The van der Waals surface area contributed by atoms with E-state index in [1.807, 2.05) is 36.4 Å². The molecule has 0 heterocycles. The lowest BCUT2D eigenvalue weighted by molar-refractivity contribution is -0.134. The third-order valence-corrected chi connectivity index (χ3v) is 4.92. The standard InChI is InChI=1S/C25H32N2O.C2H4O2/c1-5-26(6-2)23-15-9-21(10-16-23)13-19-25(28)20-14-22-11-17-24(18-12-22)27(7-3)8-4;1-2(3)4/h9-20H,5-8H2,1-4H3;1H3,(H,3,4). The van der Waals surface area contributed by atoms with E-state index >= 15 is 0 Å². The molecule has 0 atom stereocenters. The van der Waals surface area contributed by atoms with Crippen LogP contribution in [-0.2, 0) is 9.59 Å². The van der Waals surface area contributed by atoms with Gasteiger partial charge in [0.05, 0.1) is 0 Å². The Bertz CT molecular complexity index is 805. The van der Waals surface area contributed by atoms with Gasteiger partial charge in [0.1, 0.15) is 0 Å². The van der Waals surface area contributed by atoms with Gasteiger partial charge in [-0.2, -0.15) is 0 Å². The summed E-state index contributed by atoms with van der Waals surface area (Å²) in [7, 11) is 0. The van der Waals surface area contributed by atoms with Gasteiger partial charge in [0, 0.05) is 44.5 Å². The summed E-state index contributed by atoms with van der Waals surface area (Å²) in [5.74, 6) is -0.847. The van der Waals surface area contributed by atoms with Gasteiger partial charge < -0.3 is 14.9 Å². The smallest absolute Gasteiger partial charge is 0.300 e. The maximum Gasteiger partial charge on any atom is 0.300 e. The Hall–Kier alpha value is -3.34. The second-order valence-electron chi connectivity index (χ2n) is 7.12. The SMILES string of the molecule is CC(=O)O.CCN(CC)c1ccc(C=CC(=O)C=Cc2ccc(N(CC)CC)cc2)cc1. The summed E-state index contributed by atoms with van der Waals surface area (Å²) in [6.07, 6.45) is 6.96. The highest BCUT2D eigenvalue weighted by Gasteiger charge is 2.01. The number of carbonyl (C=O) groups excluding carboxylic acids is 1. The average Bonchev–Trinajstić information content (AvgIpc) is 2.79. The molecule has 0 aliphatic rings. The molecule has 172 valence electrons. The number of allylic oxidation sites excluding steroid dienone is 2. The van der Waals surface area contributed by atoms with Crippen LogP contribution in [0.2, 0.25) is 0 Å². The molecule has 0 saturated carbocycles. The number of carboxylic acids is 1. The van der Waals surface area contributed by atoms with Gasteiger partial charge in [-0.15, -0.1) is 0 Å². The molecule has 0 aromatic heterocycles. The van der Waals surface area contributed by atoms with Crippen molar-refractivity contribution in [1.82, 2.24) is 0 Å². The van der Waals surface area contributed by atoms with E-state index in [0.717, 1.165) is 44.2 Å². The van der Waals surface area contributed by atoms with E-state index in [1.54, 1.807) is 12.2 Å². The van der Waals surface area contributed by atoms with E-state index < -0.39 is 5.97 Å². The van der Waals surface area contributed by atoms with Crippen LogP contribution in [-0.4, -0.2) is 43.0 Å². The lowest BCUT2D eigenvalue weighted by Crippen LogP contribution is -2.21. The first-order valence-electron chi connectivity index (χ1n) is 11.1. The summed E-state index contributed by atoms with van der Waals surface area (Å²) in [5, 5.41) is 7.42. The van der Waals surface area contributed by atoms with Crippen LogP contribution < -0.4 is 9.80 Å². The monoisotopic (exact) mass is 436 g/mol. The zero-order valence-corrected chi connectivity index (χ0v) is 19.9. The van der Waals surface area contributed by atoms with Crippen LogP contribution >= 0.6 is 0 Å². The van der Waals surface area contributed by atoms with Gasteiger partial charge in [-0.3, -0.25) is 9.59 Å². The van der Waals surface area contributed by atoms with Gasteiger partial charge in [-0.25, -0.2) is 0 Å². The third-order valence-electron chi connectivity index (χ3n) is 4.92. The van der Waals surface area contributed by atoms with Crippen molar-refractivity contribution >= 4 is 35.3 Å². The minimum Gasteiger partial charge on any atom is -0.481 e. The molecule has 0 spiro atoms. The number of carbonyl (C=O) groups is 2. The van der Waals surface area contributed by atoms with Crippen molar-refractivity contribution in [3.63, 3.8) is 0 Å². The first-order chi connectivity index (χ1) is 15.3. The Labute approximate surface area is 192 Å². The van der Waals surface area contributed by atoms with Crippen molar-refractivity contribution in [1.29, 1.82) is 0 Å². The van der Waals surface area contributed by atoms with Gasteiger partial charge in [-0.05, 0) is 75.2 Å². The summed E-state index contributed by atoms with van der Waals surface area (Å²) in [5.41, 5.74) is 4.48. The van der Waals surface area contributed by atoms with Crippen molar-refractivity contribution in [2.45, 2.75) is 34.6 Å². The number of ketones is 1. The summed E-state index contributed by atoms with van der Waals surface area (Å²) in [6, 6.07) is 16.6. The fraction of sp³-hybridized carbons (Fsp3) is 0.333. The molecule has 1 N–H and O–H groups in total. The molecule has 0 aliphatic carbocycles. The number of aliphatic carboxylic acids is 1. The fourth-order valence-electron chi connectivity index (χ4n) is 3.18. The summed E-state index contributed by atoms with van der Waals surface area (Å²) in [4.78, 5) is 25.7. The van der Waals surface area contributed by atoms with E-state index in [4.69, 9.17) is 9.90 Å². The Morgan fingerprint density at radius 1 is 0.688 bits per heavy atom. The molecule has 2 aromatic carbocycles. The summed E-state index contributed by atoms with van der Waals surface area (Å²) >= 11 is 0. The number of carboxylic acid groups (broad SMARTS) is 1. The van der Waals surface area contributed by atoms with Crippen LogP contribution in [0, 0.1) is 0 Å². The molecule has 0 radical (unpaired) electrons. The predicted molar refractivity (Wildman–Crippen MR) is 136 cm³/mol. The maximum atomic E-state index is 12.1. The highest BCUT2D eigenvalue weighted by Crippen LogP contribution is 2.17. The maximum absolute atomic E-state index is 12.1. The third kappa shape index (κ3) is 9.65. The van der Waals surface area contributed by atoms with Gasteiger partial charge in [0.15, 0.2) is 5.78 Å². The van der Waals surface area contributed by atoms with Crippen molar-refractivity contribution in [3.05, 3.63) is 71.8 Å². The zero-order chi connectivity index (χ0) is 23.9. The number of benzene rings is 2. The Kier molecular flexibility index (Phi) is 12.2. The molecular formula is C27H36N2O3. The van der Waals surface area contributed by atoms with E-state index in [-0.39, 0.29) is 5.78 Å². The first kappa shape index (κ1) is 26.7. The molecule has 0 amide bonds. The number of anilines is 2. The normalized spacial score (nSPS) is 10.7. The highest BCUT2D eigenvalue weighted by atomic mass is 16.4. The minimum atomic E-state index is -0.833. The van der Waals surface area contributed by atoms with E-state index in [9.17, 15) is 4.79 Å². The summed E-state index contributed by atoms with van der Waals surface area (Å²) in [6.45, 7) is 13.7. The number of hydrogen-bond acceptors (Lipinski definition) is 4. The van der Waals surface area contributed by atoms with Crippen molar-refractivity contribution in [2.24, 2.45) is 0 Å². The van der Waals surface area contributed by atoms with Crippen LogP contribution in [0.1, 0.15) is 45.7 Å². The second-order valence-corrected chi connectivity index (χ2v) is 7.12. The molecule has 0 aliphatic heterocycles. The average molecular weight is 437 g/mol. The lowest BCUT2D eigenvalue weighted by atomic mass is 10.1. The number of rotatable bonds is 10. The predicted octanol–water partition coefficient (Wildman–Crippen LogP) is 5.77. The van der Waals surface area contributed by atoms with Gasteiger partial charge in [-0.1, -0.05) is 36.4 Å². The molecule has 0 unspecified atom stereocenters. The van der Waals surface area contributed by atoms with Gasteiger partial charge in [0.2, 0.25) is 0 Å². The van der Waals surface area contributed by atoms with Crippen LogP contribution in [0.5, 0.6) is 0 Å². The van der Waals surface area contributed by atoms with Gasteiger partial charge >= 0.3 is 0 Å². The molecule has 5 nitrogen and oxygen atoms in total. The van der Waals surface area contributed by atoms with Crippen LogP contribution in [0.25, 0.3) is 12.2 Å². The van der Waals surface area contributed by atoms with Crippen molar-refractivity contribution < 1.29 is 14.7 Å². The Balaban J connectivity index is 0.00000118. The van der Waals surface area contributed by atoms with E-state index in [1.165, 1.54) is 11.4 Å². The first-order valence-corrected chi connectivity index (χ1v) is 11.1. The highest BCUT2D eigenvalue weighted by molar-refractivity contribution is 6.04. The quantitative estimate of drug-likeness (QED) is 0.479. The molecule has 32 heavy (non-hydrogen) atoms. The summed E-state index contributed by atoms with van der Waals surface area (Å²) < 4.78 is 0. The molecule has 2 rings (SSSR count). The lowest BCUT2D eigenvalue weighted by Gasteiger charge is -2.20. The van der Waals surface area contributed by atoms with E-state index in [2.05, 4.69) is 61.8 Å². The van der Waals surface area contributed by atoms with Crippen molar-refractivity contribution in [3.8, 4) is 0 Å². The number of hydrogen-bond donors (Lipinski definition) is 1. The number of nitrogens with zero attached hydrogens (tertiary/aromatic N) is 2. The Morgan fingerprint density at radius 2 is 0.969 bits per heavy atom. The van der Waals surface area contributed by atoms with Crippen molar-refractivity contribution in [2.75, 3.05) is 36.0 Å². The molecule has 0 saturated heterocycles. The Morgan fingerprint density at radius 3 is 1.22 bits per heavy atom. The minimum absolute atomic E-state index is 0.0133. The molecule has 5 heteroatoms. The van der Waals surface area contributed by atoms with Crippen LogP contribution in [0.4, 0.5) is 11.4 Å². The topological polar surface area (TPSA) is 60.9 Å². The molecule has 0 fully saturated rings. The molecule has 2 aromatic rings. The van der Waals surface area contributed by atoms with Crippen LogP contribution in [0.15, 0.2) is 60.7 Å². The molecule has 0 bridgehead atoms. The van der Waals surface area contributed by atoms with Gasteiger partial charge in [0.25, 0.3) is 5.97 Å². The fourth-order valence-corrected chi connectivity index (χ4v) is 3.18. The largest absolute Gasteiger partial charge is 0.481 e. The van der Waals surface area contributed by atoms with Crippen LogP contribution in [0.3, 0.4) is 0 Å². The molecular weight excluding hydrogens is 400 g/mol. The van der Waals surface area contributed by atoms with E-state index in [0.29, 0.717) is 0 Å².